The molecule has 2 heterocycles. The summed E-state index contributed by atoms with van der Waals surface area (Å²) in [7, 11) is 2.05. The maximum Gasteiger partial charge on any atom is 0.223 e. The molecule has 1 saturated heterocycles. The molecule has 1 aliphatic heterocycles. The molecule has 2 N–H and O–H groups in total. The normalized spacial score (nSPS) is 16.0. The molecular weight excluding hydrogens is 374 g/mol. The SMILES string of the molecule is Cc1cccc(C(CC(=O)N2CCC(C(N)=O)CC2)c2cn(C)c3ccccc23)c1. The number of benzene rings is 2. The Morgan fingerprint density at radius 2 is 1.83 bits per heavy atom. The minimum atomic E-state index is -0.254. The number of likely N-dealkylation sites (tertiary alicyclic amines) is 1. The Balaban J connectivity index is 1.65. The lowest BCUT2D eigenvalue weighted by atomic mass is 9.86. The van der Waals surface area contributed by atoms with Crippen LogP contribution in [0, 0.1) is 12.8 Å². The first kappa shape index (κ1) is 20.2. The smallest absolute Gasteiger partial charge is 0.223 e. The number of primary amides is 1. The number of fused-ring (bicyclic) bond motifs is 1. The number of aryl methyl sites for hydroxylation is 2. The summed E-state index contributed by atoms with van der Waals surface area (Å²) in [5.74, 6) is -0.245. The number of amides is 2. The number of nitrogens with two attached hydrogens (primary N) is 1. The summed E-state index contributed by atoms with van der Waals surface area (Å²) in [5.41, 5.74) is 10.1. The lowest BCUT2D eigenvalue weighted by molar-refractivity contribution is -0.135. The van der Waals surface area contributed by atoms with Gasteiger partial charge in [0.15, 0.2) is 0 Å². The van der Waals surface area contributed by atoms with E-state index in [1.165, 1.54) is 22.0 Å². The molecule has 0 radical (unpaired) electrons. The van der Waals surface area contributed by atoms with E-state index in [4.69, 9.17) is 5.73 Å². The zero-order valence-corrected chi connectivity index (χ0v) is 17.7. The number of carbonyl (C=O) groups excluding carboxylic acids is 2. The summed E-state index contributed by atoms with van der Waals surface area (Å²) in [6.45, 7) is 3.28. The molecular formula is C25H29N3O2. The third kappa shape index (κ3) is 3.97. The second-order valence-electron chi connectivity index (χ2n) is 8.44. The standard InChI is InChI=1S/C25H29N3O2/c1-17-6-5-7-19(14-17)21(22-16-27(2)23-9-4-3-8-20(22)23)15-24(29)28-12-10-18(11-13-28)25(26)30/h3-9,14,16,18,21H,10-13,15H2,1-2H3,(H2,26,30). The van der Waals surface area contributed by atoms with Gasteiger partial charge in [0.2, 0.25) is 11.8 Å². The number of aromatic nitrogens is 1. The Morgan fingerprint density at radius 1 is 1.10 bits per heavy atom. The van der Waals surface area contributed by atoms with Crippen LogP contribution in [0.4, 0.5) is 0 Å². The lowest BCUT2D eigenvalue weighted by Gasteiger charge is -2.32. The van der Waals surface area contributed by atoms with Crippen molar-refractivity contribution in [2.24, 2.45) is 18.7 Å². The number of piperidine rings is 1. The van der Waals surface area contributed by atoms with Crippen LogP contribution in [-0.4, -0.2) is 34.4 Å². The van der Waals surface area contributed by atoms with Crippen LogP contribution in [0.2, 0.25) is 0 Å². The van der Waals surface area contributed by atoms with E-state index in [1.807, 2.05) is 11.0 Å². The van der Waals surface area contributed by atoms with Crippen molar-refractivity contribution < 1.29 is 9.59 Å². The Hall–Kier alpha value is -3.08. The zero-order chi connectivity index (χ0) is 21.3. The minimum absolute atomic E-state index is 0.0163. The maximum absolute atomic E-state index is 13.3. The Bertz CT molecular complexity index is 1080. The maximum atomic E-state index is 13.3. The van der Waals surface area contributed by atoms with Crippen molar-refractivity contribution >= 4 is 22.7 Å². The summed E-state index contributed by atoms with van der Waals surface area (Å²) >= 11 is 0. The van der Waals surface area contributed by atoms with Gasteiger partial charge in [-0.15, -0.1) is 0 Å². The molecule has 0 aliphatic carbocycles. The van der Waals surface area contributed by atoms with Gasteiger partial charge in [0.25, 0.3) is 0 Å². The summed E-state index contributed by atoms with van der Waals surface area (Å²) < 4.78 is 2.14. The molecule has 0 bridgehead atoms. The summed E-state index contributed by atoms with van der Waals surface area (Å²) in [5, 5.41) is 1.19. The molecule has 0 saturated carbocycles. The van der Waals surface area contributed by atoms with Crippen LogP contribution < -0.4 is 5.73 Å². The van der Waals surface area contributed by atoms with Crippen molar-refractivity contribution in [1.82, 2.24) is 9.47 Å². The first-order chi connectivity index (χ1) is 14.4. The van der Waals surface area contributed by atoms with Gasteiger partial charge in [-0.2, -0.15) is 0 Å². The second-order valence-corrected chi connectivity index (χ2v) is 8.44. The summed E-state index contributed by atoms with van der Waals surface area (Å²) in [4.78, 5) is 26.6. The highest BCUT2D eigenvalue weighted by Crippen LogP contribution is 2.35. The van der Waals surface area contributed by atoms with Crippen LogP contribution in [0.3, 0.4) is 0 Å². The number of carbonyl (C=O) groups is 2. The average Bonchev–Trinajstić information content (AvgIpc) is 3.08. The summed E-state index contributed by atoms with van der Waals surface area (Å²) in [6.07, 6.45) is 3.89. The van der Waals surface area contributed by atoms with Crippen LogP contribution in [0.25, 0.3) is 10.9 Å². The Morgan fingerprint density at radius 3 is 2.53 bits per heavy atom. The monoisotopic (exact) mass is 403 g/mol. The first-order valence-electron chi connectivity index (χ1n) is 10.6. The molecule has 5 nitrogen and oxygen atoms in total. The van der Waals surface area contributed by atoms with Crippen LogP contribution in [0.5, 0.6) is 0 Å². The molecule has 1 fully saturated rings. The van der Waals surface area contributed by atoms with Gasteiger partial charge in [-0.1, -0.05) is 48.0 Å². The third-order valence-corrected chi connectivity index (χ3v) is 6.38. The lowest BCUT2D eigenvalue weighted by Crippen LogP contribution is -2.42. The van der Waals surface area contributed by atoms with Gasteiger partial charge < -0.3 is 15.2 Å². The van der Waals surface area contributed by atoms with E-state index in [0.717, 1.165) is 5.56 Å². The van der Waals surface area contributed by atoms with E-state index >= 15 is 0 Å². The van der Waals surface area contributed by atoms with E-state index in [9.17, 15) is 9.59 Å². The van der Waals surface area contributed by atoms with E-state index < -0.39 is 0 Å². The molecule has 2 amide bonds. The van der Waals surface area contributed by atoms with E-state index in [-0.39, 0.29) is 23.7 Å². The molecule has 1 aromatic heterocycles. The molecule has 4 rings (SSSR count). The van der Waals surface area contributed by atoms with Gasteiger partial charge in [0, 0.05) is 55.5 Å². The topological polar surface area (TPSA) is 68.3 Å². The van der Waals surface area contributed by atoms with Gasteiger partial charge in [0.1, 0.15) is 0 Å². The highest BCUT2D eigenvalue weighted by molar-refractivity contribution is 5.87. The molecule has 5 heteroatoms. The van der Waals surface area contributed by atoms with Gasteiger partial charge in [-0.25, -0.2) is 0 Å². The molecule has 1 aliphatic rings. The highest BCUT2D eigenvalue weighted by Gasteiger charge is 2.29. The average molecular weight is 404 g/mol. The van der Waals surface area contributed by atoms with E-state index in [1.54, 1.807) is 0 Å². The van der Waals surface area contributed by atoms with E-state index in [2.05, 4.69) is 67.2 Å². The van der Waals surface area contributed by atoms with Crippen LogP contribution in [0.15, 0.2) is 54.7 Å². The molecule has 1 unspecified atom stereocenters. The molecule has 3 aromatic rings. The van der Waals surface area contributed by atoms with Crippen LogP contribution >= 0.6 is 0 Å². The van der Waals surface area contributed by atoms with Gasteiger partial charge in [-0.05, 0) is 37.0 Å². The third-order valence-electron chi connectivity index (χ3n) is 6.38. The number of rotatable bonds is 5. The van der Waals surface area contributed by atoms with Gasteiger partial charge in [-0.3, -0.25) is 9.59 Å². The fourth-order valence-corrected chi connectivity index (χ4v) is 4.66. The quantitative estimate of drug-likeness (QED) is 0.705. The second kappa shape index (κ2) is 8.34. The van der Waals surface area contributed by atoms with Crippen molar-refractivity contribution in [3.05, 3.63) is 71.4 Å². The molecule has 156 valence electrons. The largest absolute Gasteiger partial charge is 0.369 e. The fraction of sp³-hybridized carbons (Fsp3) is 0.360. The molecule has 2 aromatic carbocycles. The van der Waals surface area contributed by atoms with Gasteiger partial charge in [0.05, 0.1) is 0 Å². The number of para-hydroxylation sites is 1. The number of hydrogen-bond acceptors (Lipinski definition) is 2. The number of hydrogen-bond donors (Lipinski definition) is 1. The van der Waals surface area contributed by atoms with Gasteiger partial charge >= 0.3 is 0 Å². The van der Waals surface area contributed by atoms with Crippen molar-refractivity contribution in [2.45, 2.75) is 32.1 Å². The predicted molar refractivity (Wildman–Crippen MR) is 119 cm³/mol. The Kier molecular flexibility index (Phi) is 5.62. The molecule has 30 heavy (non-hydrogen) atoms. The predicted octanol–water partition coefficient (Wildman–Crippen LogP) is 3.73. The van der Waals surface area contributed by atoms with Crippen molar-refractivity contribution in [3.8, 4) is 0 Å². The van der Waals surface area contributed by atoms with Crippen molar-refractivity contribution in [3.63, 3.8) is 0 Å². The van der Waals surface area contributed by atoms with Crippen LogP contribution in [-0.2, 0) is 16.6 Å². The van der Waals surface area contributed by atoms with Crippen molar-refractivity contribution in [1.29, 1.82) is 0 Å². The highest BCUT2D eigenvalue weighted by atomic mass is 16.2. The fourth-order valence-electron chi connectivity index (χ4n) is 4.66. The minimum Gasteiger partial charge on any atom is -0.369 e. The molecule has 0 spiro atoms. The Labute approximate surface area is 177 Å². The summed E-state index contributed by atoms with van der Waals surface area (Å²) in [6, 6.07) is 16.8. The number of nitrogens with zero attached hydrogens (tertiary/aromatic N) is 2. The van der Waals surface area contributed by atoms with Crippen molar-refractivity contribution in [2.75, 3.05) is 13.1 Å². The zero-order valence-electron chi connectivity index (χ0n) is 17.7. The van der Waals surface area contributed by atoms with E-state index in [0.29, 0.717) is 32.4 Å². The molecule has 1 atom stereocenters. The first-order valence-corrected chi connectivity index (χ1v) is 10.6. The van der Waals surface area contributed by atoms with Crippen LogP contribution in [0.1, 0.15) is 41.9 Å².